The Kier molecular flexibility index (Phi) is 12.5. The third kappa shape index (κ3) is 9.20. The molecule has 12 heteroatoms. The van der Waals surface area contributed by atoms with Crippen LogP contribution in [-0.2, 0) is 23.7 Å². The minimum atomic E-state index is -1.12. The van der Waals surface area contributed by atoms with Crippen LogP contribution in [0.25, 0.3) is 0 Å². The van der Waals surface area contributed by atoms with Gasteiger partial charge in [-0.2, -0.15) is 0 Å². The summed E-state index contributed by atoms with van der Waals surface area (Å²) in [7, 11) is 0. The van der Waals surface area contributed by atoms with E-state index in [2.05, 4.69) is 0 Å². The number of aromatic hydroxyl groups is 12. The molecular formula is C54H48O12. The van der Waals surface area contributed by atoms with Gasteiger partial charge in [-0.15, -0.1) is 0 Å². The second-order valence-corrected chi connectivity index (χ2v) is 16.5. The van der Waals surface area contributed by atoms with Crippen LogP contribution in [0.15, 0.2) is 158 Å². The fourth-order valence-corrected chi connectivity index (χ4v) is 8.07. The lowest BCUT2D eigenvalue weighted by Gasteiger charge is -2.32. The number of rotatable bonds is 10. The van der Waals surface area contributed by atoms with Gasteiger partial charge in [0.25, 0.3) is 0 Å². The topological polar surface area (TPSA) is 243 Å². The van der Waals surface area contributed by atoms with Crippen LogP contribution in [0.4, 0.5) is 0 Å². The van der Waals surface area contributed by atoms with Gasteiger partial charge in [-0.25, -0.2) is 0 Å². The summed E-state index contributed by atoms with van der Waals surface area (Å²) in [4.78, 5) is 0. The minimum Gasteiger partial charge on any atom is -0.508 e. The van der Waals surface area contributed by atoms with Crippen molar-refractivity contribution in [3.63, 3.8) is 0 Å². The highest BCUT2D eigenvalue weighted by Crippen LogP contribution is 2.49. The monoisotopic (exact) mass is 888 g/mol. The zero-order valence-corrected chi connectivity index (χ0v) is 35.8. The van der Waals surface area contributed by atoms with Gasteiger partial charge in [0.1, 0.15) is 11.5 Å². The Morgan fingerprint density at radius 1 is 0.258 bits per heavy atom. The molecule has 0 spiro atoms. The lowest BCUT2D eigenvalue weighted by molar-refractivity contribution is 0.364. The van der Waals surface area contributed by atoms with E-state index in [0.29, 0.717) is 40.7 Å². The van der Waals surface area contributed by atoms with E-state index in [-0.39, 0.29) is 34.5 Å². The van der Waals surface area contributed by atoms with E-state index in [1.54, 1.807) is 43.3 Å². The maximum absolute atomic E-state index is 10.2. The van der Waals surface area contributed by atoms with Gasteiger partial charge in [-0.05, 0) is 155 Å². The molecule has 8 aromatic rings. The van der Waals surface area contributed by atoms with E-state index < -0.39 is 45.3 Å². The molecule has 0 aliphatic heterocycles. The van der Waals surface area contributed by atoms with Crippen LogP contribution in [0, 0.1) is 0 Å². The predicted molar refractivity (Wildman–Crippen MR) is 248 cm³/mol. The van der Waals surface area contributed by atoms with E-state index in [4.69, 9.17) is 0 Å². The Morgan fingerprint density at radius 2 is 0.500 bits per heavy atom. The first kappa shape index (κ1) is 45.4. The summed E-state index contributed by atoms with van der Waals surface area (Å²) in [5, 5.41) is 119. The van der Waals surface area contributed by atoms with Crippen molar-refractivity contribution >= 4 is 0 Å². The lowest BCUT2D eigenvalue weighted by Crippen LogP contribution is -2.25. The zero-order valence-electron chi connectivity index (χ0n) is 35.8. The Morgan fingerprint density at radius 3 is 0.788 bits per heavy atom. The maximum Gasteiger partial charge on any atom is 0.200 e. The summed E-state index contributed by atoms with van der Waals surface area (Å²) in [5.74, 6) is -3.92. The fraction of sp³-hybridized carbons (Fsp3) is 0.111. The molecule has 0 fully saturated rings. The summed E-state index contributed by atoms with van der Waals surface area (Å²) in [5.41, 5.74) is 6.02. The van der Waals surface area contributed by atoms with Gasteiger partial charge in [0.15, 0.2) is 57.5 Å². The molecule has 0 amide bonds. The number of phenolic OH excluding ortho intramolecular Hbond substituents is 12. The molecular weight excluding hydrogens is 841 g/mol. The van der Waals surface area contributed by atoms with Gasteiger partial charge in [0, 0.05) is 10.8 Å². The fourth-order valence-electron chi connectivity index (χ4n) is 8.07. The summed E-state index contributed by atoms with van der Waals surface area (Å²) < 4.78 is 0. The molecule has 12 N–H and O–H groups in total. The number of benzene rings is 8. The highest BCUT2D eigenvalue weighted by Gasteiger charge is 2.35. The smallest absolute Gasteiger partial charge is 0.200 e. The van der Waals surface area contributed by atoms with Gasteiger partial charge in [0.2, 0.25) is 0 Å². The van der Waals surface area contributed by atoms with Crippen molar-refractivity contribution in [2.24, 2.45) is 0 Å². The van der Waals surface area contributed by atoms with Crippen LogP contribution in [0.1, 0.15) is 69.5 Å². The van der Waals surface area contributed by atoms with Gasteiger partial charge < -0.3 is 61.3 Å². The van der Waals surface area contributed by atoms with Crippen LogP contribution in [0.3, 0.4) is 0 Å². The summed E-state index contributed by atoms with van der Waals surface area (Å²) in [6, 6.07) is 44.0. The minimum absolute atomic E-state index is 0.190. The molecule has 0 aliphatic rings. The molecule has 66 heavy (non-hydrogen) atoms. The Bertz CT molecular complexity index is 2840. The van der Waals surface area contributed by atoms with Crippen molar-refractivity contribution in [2.45, 2.75) is 37.5 Å². The molecule has 0 atom stereocenters. The van der Waals surface area contributed by atoms with Crippen LogP contribution in [0.2, 0.25) is 0 Å². The molecule has 336 valence electrons. The summed E-state index contributed by atoms with van der Waals surface area (Å²) >= 11 is 0. The molecule has 0 heterocycles. The van der Waals surface area contributed by atoms with Crippen molar-refractivity contribution in [2.75, 3.05) is 0 Å². The highest BCUT2D eigenvalue weighted by atomic mass is 16.3. The lowest BCUT2D eigenvalue weighted by atomic mass is 9.70. The van der Waals surface area contributed by atoms with Gasteiger partial charge in [-0.3, -0.25) is 0 Å². The van der Waals surface area contributed by atoms with Crippen molar-refractivity contribution in [3.8, 4) is 69.0 Å². The molecule has 8 aromatic carbocycles. The van der Waals surface area contributed by atoms with Gasteiger partial charge in [-0.1, -0.05) is 84.9 Å². The van der Waals surface area contributed by atoms with Crippen molar-refractivity contribution < 1.29 is 61.3 Å². The van der Waals surface area contributed by atoms with Gasteiger partial charge >= 0.3 is 0 Å². The van der Waals surface area contributed by atoms with E-state index >= 15 is 0 Å². The van der Waals surface area contributed by atoms with E-state index in [0.717, 1.165) is 27.8 Å². The molecule has 0 saturated heterocycles. The Labute approximate surface area is 380 Å². The van der Waals surface area contributed by atoms with Crippen LogP contribution >= 0.6 is 0 Å². The van der Waals surface area contributed by atoms with E-state index in [1.165, 1.54) is 48.5 Å². The zero-order chi connectivity index (χ0) is 47.5. The average Bonchev–Trinajstić information content (AvgIpc) is 3.30. The SMILES string of the molecule is CC(c1ccc(Cc2ccc(O)cc2)cc1)(c1cc(O)c(O)c(O)c1)c1cc(O)c(O)c(O)c1.CC(c1ccc(Cc2ccc(O)cc2)cc1)(c1ccc(O)c(O)c1)c1ccc(O)c(O)c1. The van der Waals surface area contributed by atoms with Crippen LogP contribution in [0.5, 0.6) is 69.0 Å². The molecule has 0 aliphatic carbocycles. The number of phenols is 12. The third-order valence-corrected chi connectivity index (χ3v) is 12.2. The molecule has 0 bridgehead atoms. The Hall–Kier alpha value is -8.64. The summed E-state index contributed by atoms with van der Waals surface area (Å²) in [6.07, 6.45) is 1.33. The molecule has 12 nitrogen and oxygen atoms in total. The quantitative estimate of drug-likeness (QED) is 0.0454. The molecule has 0 saturated carbocycles. The van der Waals surface area contributed by atoms with Gasteiger partial charge in [0.05, 0.1) is 0 Å². The first-order valence-corrected chi connectivity index (χ1v) is 20.7. The van der Waals surface area contributed by atoms with Crippen molar-refractivity contribution in [1.82, 2.24) is 0 Å². The second kappa shape index (κ2) is 18.2. The van der Waals surface area contributed by atoms with Crippen molar-refractivity contribution in [3.05, 3.63) is 213 Å². The first-order valence-electron chi connectivity index (χ1n) is 20.7. The predicted octanol–water partition coefficient (Wildman–Crippen LogP) is 9.73. The number of hydrogen-bond donors (Lipinski definition) is 12. The molecule has 0 aromatic heterocycles. The molecule has 0 radical (unpaired) electrons. The van der Waals surface area contributed by atoms with Crippen LogP contribution < -0.4 is 0 Å². The average molecular weight is 889 g/mol. The third-order valence-electron chi connectivity index (χ3n) is 12.2. The highest BCUT2D eigenvalue weighted by molar-refractivity contribution is 5.62. The molecule has 0 unspecified atom stereocenters. The second-order valence-electron chi connectivity index (χ2n) is 16.5. The van der Waals surface area contributed by atoms with Crippen LogP contribution in [-0.4, -0.2) is 61.3 Å². The standard InChI is InChI=1S/C27H24O7.C27H24O5/c1-27(18-11-21(29)25(33)22(30)12-18,19-13-23(31)26(34)24(32)14-19)17-6-2-15(3-7-17)10-16-4-8-20(28)9-5-16;1-27(20-8-12-23(29)25(31)15-20,21-9-13-24(30)26(32)16-21)19-6-2-17(3-7-19)14-18-4-10-22(28)11-5-18/h2-9,11-14,28-34H,10H2,1H3;2-13,15-16,28-32H,14H2,1H3. The largest absolute Gasteiger partial charge is 0.508 e. The maximum atomic E-state index is 10.2. The van der Waals surface area contributed by atoms with E-state index in [1.807, 2.05) is 79.7 Å². The first-order chi connectivity index (χ1) is 31.4. The molecule has 8 rings (SSSR count). The normalized spacial score (nSPS) is 11.4. The Balaban J connectivity index is 0.000000197. The number of hydrogen-bond acceptors (Lipinski definition) is 12. The van der Waals surface area contributed by atoms with E-state index in [9.17, 15) is 61.3 Å². The van der Waals surface area contributed by atoms with Crippen molar-refractivity contribution in [1.29, 1.82) is 0 Å². The summed E-state index contributed by atoms with van der Waals surface area (Å²) in [6.45, 7) is 3.72.